The Kier molecular flexibility index (Phi) is 4.91. The second-order valence-corrected chi connectivity index (χ2v) is 7.89. The summed E-state index contributed by atoms with van der Waals surface area (Å²) in [5.41, 5.74) is 3.14. The standard InChI is InChI=1S/C19H22N2O4S/c1-4-13-5-9-17(25-3)18(11-13)26(23,24)20-15-7-8-16-14(12-15)6-10-19(22)21(16)2/h5,7-9,11-12,20H,4,6,10H2,1-3H3. The van der Waals surface area contributed by atoms with Crippen LogP contribution >= 0.6 is 0 Å². The van der Waals surface area contributed by atoms with Gasteiger partial charge in [-0.25, -0.2) is 8.42 Å². The highest BCUT2D eigenvalue weighted by molar-refractivity contribution is 7.92. The van der Waals surface area contributed by atoms with E-state index in [1.165, 1.54) is 7.11 Å². The number of carbonyl (C=O) groups excluding carboxylic acids is 1. The van der Waals surface area contributed by atoms with E-state index >= 15 is 0 Å². The van der Waals surface area contributed by atoms with Gasteiger partial charge in [-0.15, -0.1) is 0 Å². The SMILES string of the molecule is CCc1ccc(OC)c(S(=O)(=O)Nc2ccc3c(c2)CCC(=O)N3C)c1. The van der Waals surface area contributed by atoms with Gasteiger partial charge in [0.25, 0.3) is 10.0 Å². The van der Waals surface area contributed by atoms with Crippen molar-refractivity contribution in [1.82, 2.24) is 0 Å². The van der Waals surface area contributed by atoms with Crippen LogP contribution in [0.2, 0.25) is 0 Å². The van der Waals surface area contributed by atoms with Crippen LogP contribution in [0.5, 0.6) is 5.75 Å². The van der Waals surface area contributed by atoms with Crippen LogP contribution < -0.4 is 14.4 Å². The Hall–Kier alpha value is -2.54. The maximum absolute atomic E-state index is 12.9. The van der Waals surface area contributed by atoms with E-state index in [1.54, 1.807) is 42.3 Å². The lowest BCUT2D eigenvalue weighted by Gasteiger charge is -2.26. The molecular formula is C19H22N2O4S. The Bertz CT molecular complexity index is 954. The van der Waals surface area contributed by atoms with Crippen LogP contribution in [0.1, 0.15) is 24.5 Å². The lowest BCUT2D eigenvalue weighted by molar-refractivity contribution is -0.118. The number of nitrogens with one attached hydrogen (secondary N) is 1. The number of benzene rings is 2. The van der Waals surface area contributed by atoms with Gasteiger partial charge >= 0.3 is 0 Å². The number of methoxy groups -OCH3 is 1. The van der Waals surface area contributed by atoms with Crippen LogP contribution in [0.25, 0.3) is 0 Å². The number of nitrogens with zero attached hydrogens (tertiary/aromatic N) is 1. The summed E-state index contributed by atoms with van der Waals surface area (Å²) < 4.78 is 33.6. The Labute approximate surface area is 153 Å². The average molecular weight is 374 g/mol. The van der Waals surface area contributed by atoms with E-state index in [0.29, 0.717) is 24.3 Å². The number of ether oxygens (including phenoxy) is 1. The van der Waals surface area contributed by atoms with Crippen molar-refractivity contribution < 1.29 is 17.9 Å². The molecule has 0 aromatic heterocycles. The summed E-state index contributed by atoms with van der Waals surface area (Å²) in [6.45, 7) is 1.97. The molecule has 0 spiro atoms. The molecule has 0 bridgehead atoms. The number of fused-ring (bicyclic) bond motifs is 1. The van der Waals surface area contributed by atoms with Crippen LogP contribution in [0.4, 0.5) is 11.4 Å². The molecule has 7 heteroatoms. The van der Waals surface area contributed by atoms with Crippen LogP contribution in [0.3, 0.4) is 0 Å². The van der Waals surface area contributed by atoms with Gasteiger partial charge in [0.15, 0.2) is 0 Å². The van der Waals surface area contributed by atoms with Gasteiger partial charge in [0.2, 0.25) is 5.91 Å². The third kappa shape index (κ3) is 3.39. The topological polar surface area (TPSA) is 75.7 Å². The van der Waals surface area contributed by atoms with Crippen molar-refractivity contribution in [3.05, 3.63) is 47.5 Å². The number of rotatable bonds is 5. The first-order chi connectivity index (χ1) is 12.4. The number of carbonyl (C=O) groups is 1. The molecule has 2 aromatic carbocycles. The highest BCUT2D eigenvalue weighted by Crippen LogP contribution is 2.31. The second kappa shape index (κ2) is 6.99. The van der Waals surface area contributed by atoms with Crippen LogP contribution in [-0.4, -0.2) is 28.5 Å². The molecule has 1 aliphatic heterocycles. The second-order valence-electron chi connectivity index (χ2n) is 6.24. The third-order valence-electron chi connectivity index (χ3n) is 4.60. The quantitative estimate of drug-likeness (QED) is 0.873. The fourth-order valence-electron chi connectivity index (χ4n) is 3.08. The summed E-state index contributed by atoms with van der Waals surface area (Å²) in [7, 11) is -0.617. The largest absolute Gasteiger partial charge is 0.495 e. The number of sulfonamides is 1. The lowest BCUT2D eigenvalue weighted by Crippen LogP contribution is -2.31. The highest BCUT2D eigenvalue weighted by atomic mass is 32.2. The molecule has 1 amide bonds. The summed E-state index contributed by atoms with van der Waals surface area (Å²) in [6.07, 6.45) is 1.75. The molecule has 2 aromatic rings. The van der Waals surface area contributed by atoms with Crippen molar-refractivity contribution in [3.8, 4) is 5.75 Å². The Morgan fingerprint density at radius 1 is 1.15 bits per heavy atom. The van der Waals surface area contributed by atoms with Gasteiger partial charge in [-0.1, -0.05) is 13.0 Å². The van der Waals surface area contributed by atoms with E-state index in [0.717, 1.165) is 23.2 Å². The van der Waals surface area contributed by atoms with E-state index < -0.39 is 10.0 Å². The zero-order valence-electron chi connectivity index (χ0n) is 15.1. The number of aryl methyl sites for hydroxylation is 2. The zero-order chi connectivity index (χ0) is 18.9. The van der Waals surface area contributed by atoms with Gasteiger partial charge in [-0.2, -0.15) is 0 Å². The predicted octanol–water partition coefficient (Wildman–Crippen LogP) is 2.97. The van der Waals surface area contributed by atoms with Crippen molar-refractivity contribution in [1.29, 1.82) is 0 Å². The van der Waals surface area contributed by atoms with Gasteiger partial charge in [0.1, 0.15) is 10.6 Å². The fourth-order valence-corrected chi connectivity index (χ4v) is 4.35. The fraction of sp³-hybridized carbons (Fsp3) is 0.316. The maximum Gasteiger partial charge on any atom is 0.265 e. The first kappa shape index (κ1) is 18.3. The van der Waals surface area contributed by atoms with Crippen LogP contribution in [0.15, 0.2) is 41.3 Å². The highest BCUT2D eigenvalue weighted by Gasteiger charge is 2.23. The van der Waals surface area contributed by atoms with Crippen molar-refractivity contribution >= 4 is 27.3 Å². The van der Waals surface area contributed by atoms with Gasteiger partial charge in [0.05, 0.1) is 7.11 Å². The Morgan fingerprint density at radius 3 is 2.62 bits per heavy atom. The molecular weight excluding hydrogens is 352 g/mol. The monoisotopic (exact) mass is 374 g/mol. The molecule has 0 unspecified atom stereocenters. The summed E-state index contributed by atoms with van der Waals surface area (Å²) in [5, 5.41) is 0. The first-order valence-corrected chi connectivity index (χ1v) is 9.93. The number of amides is 1. The molecule has 0 saturated carbocycles. The normalized spacial score (nSPS) is 14.1. The number of hydrogen-bond donors (Lipinski definition) is 1. The number of hydrogen-bond acceptors (Lipinski definition) is 4. The van der Waals surface area contributed by atoms with Crippen LogP contribution in [0, 0.1) is 0 Å². The summed E-state index contributed by atoms with van der Waals surface area (Å²) in [6, 6.07) is 10.4. The zero-order valence-corrected chi connectivity index (χ0v) is 15.9. The van der Waals surface area contributed by atoms with Gasteiger partial charge in [-0.3, -0.25) is 9.52 Å². The maximum atomic E-state index is 12.9. The molecule has 3 rings (SSSR count). The third-order valence-corrected chi connectivity index (χ3v) is 6.00. The molecule has 0 atom stereocenters. The molecule has 138 valence electrons. The summed E-state index contributed by atoms with van der Waals surface area (Å²) in [4.78, 5) is 13.5. The molecule has 26 heavy (non-hydrogen) atoms. The minimum Gasteiger partial charge on any atom is -0.495 e. The van der Waals surface area contributed by atoms with Crippen molar-refractivity contribution in [2.24, 2.45) is 0 Å². The summed E-state index contributed by atoms with van der Waals surface area (Å²) in [5.74, 6) is 0.366. The molecule has 0 aliphatic carbocycles. The smallest absolute Gasteiger partial charge is 0.265 e. The Balaban J connectivity index is 1.95. The van der Waals surface area contributed by atoms with E-state index in [2.05, 4.69) is 4.72 Å². The molecule has 1 N–H and O–H groups in total. The van der Waals surface area contributed by atoms with E-state index in [-0.39, 0.29) is 10.8 Å². The van der Waals surface area contributed by atoms with Crippen molar-refractivity contribution in [2.45, 2.75) is 31.1 Å². The van der Waals surface area contributed by atoms with E-state index in [4.69, 9.17) is 4.74 Å². The predicted molar refractivity (Wildman–Crippen MR) is 101 cm³/mol. The van der Waals surface area contributed by atoms with Crippen molar-refractivity contribution in [2.75, 3.05) is 23.8 Å². The minimum absolute atomic E-state index is 0.0620. The Morgan fingerprint density at radius 2 is 1.92 bits per heavy atom. The molecule has 6 nitrogen and oxygen atoms in total. The van der Waals surface area contributed by atoms with E-state index in [9.17, 15) is 13.2 Å². The molecule has 0 radical (unpaired) electrons. The van der Waals surface area contributed by atoms with Gasteiger partial charge < -0.3 is 9.64 Å². The molecule has 1 heterocycles. The number of anilines is 2. The molecule has 0 fully saturated rings. The molecule has 0 saturated heterocycles. The van der Waals surface area contributed by atoms with Crippen LogP contribution in [-0.2, 0) is 27.7 Å². The van der Waals surface area contributed by atoms with Crippen molar-refractivity contribution in [3.63, 3.8) is 0 Å². The first-order valence-electron chi connectivity index (χ1n) is 8.45. The summed E-state index contributed by atoms with van der Waals surface area (Å²) >= 11 is 0. The molecule has 1 aliphatic rings. The van der Waals surface area contributed by atoms with Gasteiger partial charge in [-0.05, 0) is 54.3 Å². The minimum atomic E-state index is -3.80. The van der Waals surface area contributed by atoms with E-state index in [1.807, 2.05) is 13.0 Å². The lowest BCUT2D eigenvalue weighted by atomic mass is 10.0. The average Bonchev–Trinajstić information content (AvgIpc) is 2.64. The van der Waals surface area contributed by atoms with Gasteiger partial charge in [0, 0.05) is 24.8 Å².